The molecule has 0 aliphatic carbocycles. The van der Waals surface area contributed by atoms with Crippen LogP contribution in [-0.2, 0) is 0 Å². The summed E-state index contributed by atoms with van der Waals surface area (Å²) in [5.74, 6) is 1.67. The summed E-state index contributed by atoms with van der Waals surface area (Å²) in [6.45, 7) is 2.00. The summed E-state index contributed by atoms with van der Waals surface area (Å²) in [6.07, 6.45) is 0. The van der Waals surface area contributed by atoms with Gasteiger partial charge in [-0.15, -0.1) is 0 Å². The van der Waals surface area contributed by atoms with Gasteiger partial charge in [0.05, 0.1) is 14.2 Å². The molecule has 0 atom stereocenters. The van der Waals surface area contributed by atoms with Gasteiger partial charge >= 0.3 is 0 Å². The minimum atomic E-state index is 0. The van der Waals surface area contributed by atoms with Crippen LogP contribution in [0.4, 0.5) is 0 Å². The minimum Gasteiger partial charge on any atom is -0.497 e. The molecule has 13 heavy (non-hydrogen) atoms. The summed E-state index contributed by atoms with van der Waals surface area (Å²) in [4.78, 5) is 0. The Labute approximate surface area is 81.5 Å². The van der Waals surface area contributed by atoms with Crippen LogP contribution in [0.15, 0.2) is 18.2 Å². The summed E-state index contributed by atoms with van der Waals surface area (Å²) in [7, 11) is 3.29. The lowest BCUT2D eigenvalue weighted by Gasteiger charge is -2.04. The van der Waals surface area contributed by atoms with Crippen molar-refractivity contribution in [3.63, 3.8) is 0 Å². The van der Waals surface area contributed by atoms with Crippen LogP contribution in [0, 0.1) is 6.92 Å². The molecule has 2 nitrogen and oxygen atoms in total. The second-order valence-electron chi connectivity index (χ2n) is 2.39. The van der Waals surface area contributed by atoms with Crippen molar-refractivity contribution in [2.45, 2.75) is 21.8 Å². The third-order valence-electron chi connectivity index (χ3n) is 1.50. The first kappa shape index (κ1) is 14.3. The van der Waals surface area contributed by atoms with Crippen molar-refractivity contribution in [1.82, 2.24) is 0 Å². The Morgan fingerprint density at radius 3 is 1.54 bits per heavy atom. The predicted molar refractivity (Wildman–Crippen MR) is 57.7 cm³/mol. The average Bonchev–Trinajstić information content (AvgIpc) is 2.03. The monoisotopic (exact) mass is 184 g/mol. The number of rotatable bonds is 2. The smallest absolute Gasteiger partial charge is 0.122 e. The Morgan fingerprint density at radius 2 is 1.23 bits per heavy atom. The van der Waals surface area contributed by atoms with Gasteiger partial charge in [0.1, 0.15) is 11.5 Å². The molecule has 0 aromatic heterocycles. The quantitative estimate of drug-likeness (QED) is 0.702. The van der Waals surface area contributed by atoms with E-state index in [0.29, 0.717) is 0 Å². The molecule has 0 amide bonds. The van der Waals surface area contributed by atoms with Gasteiger partial charge in [-0.05, 0) is 24.6 Å². The van der Waals surface area contributed by atoms with E-state index in [-0.39, 0.29) is 14.9 Å². The molecule has 0 unspecified atom stereocenters. The maximum absolute atomic E-state index is 5.06. The lowest BCUT2D eigenvalue weighted by molar-refractivity contribution is 0.394. The SMILES string of the molecule is C.C.COc1cc(C)cc(OC)c1. The Morgan fingerprint density at radius 1 is 0.846 bits per heavy atom. The number of aryl methyl sites for hydroxylation is 1. The van der Waals surface area contributed by atoms with Crippen LogP contribution in [0.1, 0.15) is 20.4 Å². The second-order valence-corrected chi connectivity index (χ2v) is 2.39. The van der Waals surface area contributed by atoms with E-state index < -0.39 is 0 Å². The molecule has 76 valence electrons. The van der Waals surface area contributed by atoms with Crippen LogP contribution in [0.25, 0.3) is 0 Å². The molecule has 1 aromatic rings. The van der Waals surface area contributed by atoms with Gasteiger partial charge in [0.15, 0.2) is 0 Å². The van der Waals surface area contributed by atoms with Gasteiger partial charge in [0, 0.05) is 6.07 Å². The molecule has 0 bridgehead atoms. The van der Waals surface area contributed by atoms with E-state index in [0.717, 1.165) is 17.1 Å². The van der Waals surface area contributed by atoms with E-state index in [1.807, 2.05) is 25.1 Å². The highest BCUT2D eigenvalue weighted by molar-refractivity contribution is 5.37. The standard InChI is InChI=1S/C9H12O2.2CH4/c1-7-4-8(10-2)6-9(5-7)11-3;;/h4-6H,1-3H3;2*1H4. The van der Waals surface area contributed by atoms with Gasteiger partial charge in [-0.2, -0.15) is 0 Å². The average molecular weight is 184 g/mol. The van der Waals surface area contributed by atoms with Crippen molar-refractivity contribution < 1.29 is 9.47 Å². The predicted octanol–water partition coefficient (Wildman–Crippen LogP) is 3.28. The van der Waals surface area contributed by atoms with Crippen LogP contribution in [0.3, 0.4) is 0 Å². The third-order valence-corrected chi connectivity index (χ3v) is 1.50. The first-order chi connectivity index (χ1) is 5.26. The van der Waals surface area contributed by atoms with E-state index in [1.54, 1.807) is 14.2 Å². The Balaban J connectivity index is 0. The molecule has 0 radical (unpaired) electrons. The highest BCUT2D eigenvalue weighted by atomic mass is 16.5. The minimum absolute atomic E-state index is 0. The van der Waals surface area contributed by atoms with Gasteiger partial charge in [-0.1, -0.05) is 14.9 Å². The van der Waals surface area contributed by atoms with Crippen LogP contribution >= 0.6 is 0 Å². The molecule has 0 fully saturated rings. The topological polar surface area (TPSA) is 18.5 Å². The zero-order chi connectivity index (χ0) is 8.27. The fourth-order valence-electron chi connectivity index (χ4n) is 0.950. The Bertz CT molecular complexity index is 222. The van der Waals surface area contributed by atoms with Crippen LogP contribution in [-0.4, -0.2) is 14.2 Å². The number of hydrogen-bond acceptors (Lipinski definition) is 2. The van der Waals surface area contributed by atoms with Gasteiger partial charge in [0.25, 0.3) is 0 Å². The van der Waals surface area contributed by atoms with Gasteiger partial charge in [0.2, 0.25) is 0 Å². The molecule has 0 heterocycles. The fraction of sp³-hybridized carbons (Fsp3) is 0.455. The van der Waals surface area contributed by atoms with Crippen LogP contribution in [0.5, 0.6) is 11.5 Å². The van der Waals surface area contributed by atoms with Gasteiger partial charge < -0.3 is 9.47 Å². The maximum atomic E-state index is 5.06. The van der Waals surface area contributed by atoms with Crippen LogP contribution < -0.4 is 9.47 Å². The number of methoxy groups -OCH3 is 2. The summed E-state index contributed by atoms with van der Waals surface area (Å²) in [5, 5.41) is 0. The van der Waals surface area contributed by atoms with Gasteiger partial charge in [-0.25, -0.2) is 0 Å². The van der Waals surface area contributed by atoms with E-state index in [9.17, 15) is 0 Å². The van der Waals surface area contributed by atoms with E-state index in [4.69, 9.17) is 9.47 Å². The lowest BCUT2D eigenvalue weighted by Crippen LogP contribution is -1.87. The van der Waals surface area contributed by atoms with Crippen molar-refractivity contribution in [1.29, 1.82) is 0 Å². The lowest BCUT2D eigenvalue weighted by atomic mass is 10.2. The number of ether oxygens (including phenoxy) is 2. The molecule has 0 aliphatic rings. The van der Waals surface area contributed by atoms with E-state index in [2.05, 4.69) is 0 Å². The summed E-state index contributed by atoms with van der Waals surface area (Å²) < 4.78 is 10.1. The fourth-order valence-corrected chi connectivity index (χ4v) is 0.950. The molecule has 2 heteroatoms. The Kier molecular flexibility index (Phi) is 7.01. The van der Waals surface area contributed by atoms with Crippen molar-refractivity contribution in [3.05, 3.63) is 23.8 Å². The first-order valence-electron chi connectivity index (χ1n) is 3.46. The largest absolute Gasteiger partial charge is 0.497 e. The summed E-state index contributed by atoms with van der Waals surface area (Å²) >= 11 is 0. The van der Waals surface area contributed by atoms with E-state index >= 15 is 0 Å². The van der Waals surface area contributed by atoms with E-state index in [1.165, 1.54) is 0 Å². The van der Waals surface area contributed by atoms with Crippen molar-refractivity contribution in [2.24, 2.45) is 0 Å². The molecule has 0 N–H and O–H groups in total. The number of hydrogen-bond donors (Lipinski definition) is 0. The molecule has 1 aromatic carbocycles. The van der Waals surface area contributed by atoms with Crippen molar-refractivity contribution in [3.8, 4) is 11.5 Å². The number of benzene rings is 1. The third kappa shape index (κ3) is 3.83. The van der Waals surface area contributed by atoms with Crippen molar-refractivity contribution in [2.75, 3.05) is 14.2 Å². The molecular formula is C11H20O2. The molecule has 1 rings (SSSR count). The molecular weight excluding hydrogens is 164 g/mol. The normalized spacial score (nSPS) is 7.92. The molecule has 0 saturated heterocycles. The highest BCUT2D eigenvalue weighted by Gasteiger charge is 1.96. The summed E-state index contributed by atoms with van der Waals surface area (Å²) in [5.41, 5.74) is 1.14. The first-order valence-corrected chi connectivity index (χ1v) is 3.46. The highest BCUT2D eigenvalue weighted by Crippen LogP contribution is 2.21. The molecule has 0 aliphatic heterocycles. The zero-order valence-electron chi connectivity index (χ0n) is 7.05. The maximum Gasteiger partial charge on any atom is 0.122 e. The summed E-state index contributed by atoms with van der Waals surface area (Å²) in [6, 6.07) is 5.78. The Hall–Kier alpha value is -1.18. The molecule has 0 saturated carbocycles. The molecule has 0 spiro atoms. The second kappa shape index (κ2) is 6.35. The van der Waals surface area contributed by atoms with Crippen LogP contribution in [0.2, 0.25) is 0 Å². The zero-order valence-corrected chi connectivity index (χ0v) is 7.05. The van der Waals surface area contributed by atoms with Gasteiger partial charge in [-0.3, -0.25) is 0 Å². The van der Waals surface area contributed by atoms with Crippen molar-refractivity contribution >= 4 is 0 Å².